The van der Waals surface area contributed by atoms with E-state index in [0.717, 1.165) is 5.57 Å². The van der Waals surface area contributed by atoms with Crippen molar-refractivity contribution >= 4 is 0 Å². The summed E-state index contributed by atoms with van der Waals surface area (Å²) < 4.78 is 0. The third kappa shape index (κ3) is 5.11. The summed E-state index contributed by atoms with van der Waals surface area (Å²) >= 11 is 0. The Morgan fingerprint density at radius 1 is 1.19 bits per heavy atom. The first-order chi connectivity index (χ1) is 7.09. The molecule has 0 aliphatic heterocycles. The van der Waals surface area contributed by atoms with Crippen LogP contribution in [0.2, 0.25) is 0 Å². The van der Waals surface area contributed by atoms with Crippen LogP contribution in [0.15, 0.2) is 53.8 Å². The zero-order chi connectivity index (χ0) is 11.3. The molecule has 1 aliphatic carbocycles. The first-order valence-electron chi connectivity index (χ1n) is 5.02. The zero-order valence-electron chi connectivity index (χ0n) is 9.80. The summed E-state index contributed by atoms with van der Waals surface area (Å²) in [6.45, 7) is 5.77. The van der Waals surface area contributed by atoms with Crippen LogP contribution in [0.5, 0.6) is 0 Å². The average Bonchev–Trinajstić information content (AvgIpc) is 2.77. The third-order valence-electron chi connectivity index (χ3n) is 2.13. The standard InChI is InChI=1S/C7H8O.C7H9.Fe/c1-6(8)7-4-2-3-5-7;1-6-3-4-7(2)5-6;/h2-5,8H,1H3;3-5H,1-2H3;/q;-1;+2/p-1. The van der Waals surface area contributed by atoms with E-state index >= 15 is 0 Å². The number of allylic oxidation sites excluding steroid dienone is 6. The second-order valence-electron chi connectivity index (χ2n) is 3.70. The predicted octanol–water partition coefficient (Wildman–Crippen LogP) is 2.77. The molecule has 0 saturated heterocycles. The molecule has 0 unspecified atom stereocenters. The molecular weight excluding hydrogens is 240 g/mol. The van der Waals surface area contributed by atoms with Gasteiger partial charge in [-0.3, -0.25) is 0 Å². The maximum Gasteiger partial charge on any atom is 2.00 e. The summed E-state index contributed by atoms with van der Waals surface area (Å²) in [5.74, 6) is 0.134. The van der Waals surface area contributed by atoms with Crippen LogP contribution in [0.3, 0.4) is 0 Å². The van der Waals surface area contributed by atoms with E-state index in [2.05, 4.69) is 32.0 Å². The van der Waals surface area contributed by atoms with Crippen LogP contribution in [0.25, 0.3) is 0 Å². The first kappa shape index (κ1) is 14.9. The van der Waals surface area contributed by atoms with Crippen molar-refractivity contribution in [3.05, 3.63) is 65.0 Å². The molecule has 1 aliphatic rings. The van der Waals surface area contributed by atoms with Gasteiger partial charge in [-0.05, 0) is 5.57 Å². The fourth-order valence-corrected chi connectivity index (χ4v) is 1.33. The maximum atomic E-state index is 10.5. The fourth-order valence-electron chi connectivity index (χ4n) is 1.33. The number of aryl methyl sites for hydroxylation is 2. The molecule has 1 nitrogen and oxygen atoms in total. The van der Waals surface area contributed by atoms with Gasteiger partial charge in [0.1, 0.15) is 0 Å². The van der Waals surface area contributed by atoms with Crippen molar-refractivity contribution in [2.24, 2.45) is 0 Å². The smallest absolute Gasteiger partial charge is 0.875 e. The molecule has 0 radical (unpaired) electrons. The second kappa shape index (κ2) is 7.21. The Kier molecular flexibility index (Phi) is 6.71. The van der Waals surface area contributed by atoms with Gasteiger partial charge < -0.3 is 5.11 Å². The normalized spacial score (nSPS) is 11.8. The van der Waals surface area contributed by atoms with Crippen molar-refractivity contribution in [3.63, 3.8) is 0 Å². The minimum absolute atomic E-state index is 0. The number of hydrogen-bond acceptors (Lipinski definition) is 1. The molecule has 86 valence electrons. The van der Waals surface area contributed by atoms with Crippen LogP contribution in [0.1, 0.15) is 18.1 Å². The summed E-state index contributed by atoms with van der Waals surface area (Å²) in [5.41, 5.74) is 3.51. The SMILES string of the molecule is CC([O-])=C1C=CC=C1.Cc1c[cH-]c(C)c1.[Fe+2]. The minimum atomic E-state index is 0. The Hall–Kier alpha value is -1.11. The molecule has 1 aromatic carbocycles. The first-order valence-corrected chi connectivity index (χ1v) is 5.02. The summed E-state index contributed by atoms with van der Waals surface area (Å²) in [5, 5.41) is 10.5. The zero-order valence-corrected chi connectivity index (χ0v) is 10.9. The Morgan fingerprint density at radius 3 is 1.94 bits per heavy atom. The van der Waals surface area contributed by atoms with Gasteiger partial charge in [-0.1, -0.05) is 45.1 Å². The van der Waals surface area contributed by atoms with Crippen LogP contribution in [0, 0.1) is 13.8 Å². The molecule has 0 bridgehead atoms. The summed E-state index contributed by atoms with van der Waals surface area (Å²) in [6.07, 6.45) is 7.33. The monoisotopic (exact) mass is 256 g/mol. The van der Waals surface area contributed by atoms with Gasteiger partial charge in [-0.15, -0.1) is 5.76 Å². The van der Waals surface area contributed by atoms with Crippen LogP contribution in [-0.2, 0) is 17.1 Å². The summed E-state index contributed by atoms with van der Waals surface area (Å²) in [4.78, 5) is 0. The van der Waals surface area contributed by atoms with Crippen LogP contribution in [0.4, 0.5) is 0 Å². The molecule has 1 aromatic rings. The molecule has 0 spiro atoms. The summed E-state index contributed by atoms with van der Waals surface area (Å²) in [7, 11) is 0. The van der Waals surface area contributed by atoms with Crippen molar-refractivity contribution in [1.82, 2.24) is 0 Å². The molecule has 0 heterocycles. The van der Waals surface area contributed by atoms with Crippen molar-refractivity contribution in [1.29, 1.82) is 0 Å². The van der Waals surface area contributed by atoms with E-state index in [4.69, 9.17) is 0 Å². The predicted molar refractivity (Wildman–Crippen MR) is 62.5 cm³/mol. The van der Waals surface area contributed by atoms with Crippen molar-refractivity contribution in [2.45, 2.75) is 20.8 Å². The Bertz CT molecular complexity index is 374. The van der Waals surface area contributed by atoms with E-state index in [0.29, 0.717) is 0 Å². The molecule has 0 fully saturated rings. The number of hydrogen-bond donors (Lipinski definition) is 0. The van der Waals surface area contributed by atoms with Crippen LogP contribution < -0.4 is 5.11 Å². The Morgan fingerprint density at radius 2 is 1.75 bits per heavy atom. The van der Waals surface area contributed by atoms with Gasteiger partial charge in [-0.25, -0.2) is 11.6 Å². The molecular formula is C14H16FeO. The van der Waals surface area contributed by atoms with Crippen LogP contribution in [-0.4, -0.2) is 0 Å². The van der Waals surface area contributed by atoms with E-state index in [1.54, 1.807) is 6.92 Å². The maximum absolute atomic E-state index is 10.5. The van der Waals surface area contributed by atoms with Gasteiger partial charge in [0.2, 0.25) is 0 Å². The molecule has 16 heavy (non-hydrogen) atoms. The van der Waals surface area contributed by atoms with E-state index in [1.807, 2.05) is 24.3 Å². The van der Waals surface area contributed by atoms with Gasteiger partial charge in [0.05, 0.1) is 0 Å². The van der Waals surface area contributed by atoms with E-state index in [9.17, 15) is 5.11 Å². The van der Waals surface area contributed by atoms with Crippen molar-refractivity contribution < 1.29 is 22.2 Å². The largest absolute Gasteiger partial charge is 2.00 e. The molecule has 0 N–H and O–H groups in total. The molecule has 2 rings (SSSR count). The van der Waals surface area contributed by atoms with Crippen LogP contribution >= 0.6 is 0 Å². The van der Waals surface area contributed by atoms with Gasteiger partial charge in [-0.2, -0.15) is 17.7 Å². The molecule has 0 saturated carbocycles. The minimum Gasteiger partial charge on any atom is -0.875 e. The van der Waals surface area contributed by atoms with Gasteiger partial charge in [0.25, 0.3) is 0 Å². The van der Waals surface area contributed by atoms with Gasteiger partial charge in [0, 0.05) is 0 Å². The van der Waals surface area contributed by atoms with Gasteiger partial charge >= 0.3 is 17.1 Å². The third-order valence-corrected chi connectivity index (χ3v) is 2.13. The Balaban J connectivity index is 0.000000267. The van der Waals surface area contributed by atoms with E-state index in [-0.39, 0.29) is 22.8 Å². The Labute approximate surface area is 108 Å². The summed E-state index contributed by atoms with van der Waals surface area (Å²) in [6, 6.07) is 6.41. The quantitative estimate of drug-likeness (QED) is 0.397. The van der Waals surface area contributed by atoms with Crippen molar-refractivity contribution in [2.75, 3.05) is 0 Å². The average molecular weight is 256 g/mol. The van der Waals surface area contributed by atoms with Crippen molar-refractivity contribution in [3.8, 4) is 0 Å². The second-order valence-corrected chi connectivity index (χ2v) is 3.70. The van der Waals surface area contributed by atoms with Gasteiger partial charge in [0.15, 0.2) is 0 Å². The molecule has 0 atom stereocenters. The fraction of sp³-hybridized carbons (Fsp3) is 0.214. The number of rotatable bonds is 0. The van der Waals surface area contributed by atoms with E-state index in [1.165, 1.54) is 11.1 Å². The molecule has 0 aromatic heterocycles. The molecule has 0 amide bonds. The molecule has 2 heteroatoms. The topological polar surface area (TPSA) is 23.1 Å². The van der Waals surface area contributed by atoms with E-state index < -0.39 is 0 Å².